The lowest BCUT2D eigenvalue weighted by Crippen LogP contribution is -2.38. The molecule has 0 fully saturated rings. The minimum Gasteiger partial charge on any atom is -0.481 e. The predicted octanol–water partition coefficient (Wildman–Crippen LogP) is 4.87. The van der Waals surface area contributed by atoms with Crippen LogP contribution in [0, 0.1) is 0 Å². The van der Waals surface area contributed by atoms with E-state index in [4.69, 9.17) is 4.74 Å². The molecule has 3 aromatic rings. The number of hydrogen-bond acceptors (Lipinski definition) is 2. The Hall–Kier alpha value is -2.81. The molecule has 0 aromatic heterocycles. The Morgan fingerprint density at radius 3 is 2.36 bits per heavy atom. The van der Waals surface area contributed by atoms with Crippen LogP contribution in [0.2, 0.25) is 0 Å². The van der Waals surface area contributed by atoms with Crippen molar-refractivity contribution in [2.24, 2.45) is 0 Å². The number of carbonyl (C=O) groups is 1. The molecule has 2 atom stereocenters. The first-order valence-electron chi connectivity index (χ1n) is 8.68. The third-order valence-corrected chi connectivity index (χ3v) is 4.33. The Labute approximate surface area is 148 Å². The molecule has 0 aliphatic heterocycles. The first-order valence-corrected chi connectivity index (χ1v) is 8.68. The van der Waals surface area contributed by atoms with E-state index in [0.717, 1.165) is 22.8 Å². The first-order chi connectivity index (χ1) is 12.2. The van der Waals surface area contributed by atoms with Crippen molar-refractivity contribution in [3.63, 3.8) is 0 Å². The lowest BCUT2D eigenvalue weighted by atomic mass is 10.0. The van der Waals surface area contributed by atoms with E-state index in [1.54, 1.807) is 6.92 Å². The molecule has 0 saturated heterocycles. The van der Waals surface area contributed by atoms with Gasteiger partial charge in [0.2, 0.25) is 0 Å². The molecule has 3 heteroatoms. The molecule has 0 heterocycles. The van der Waals surface area contributed by atoms with Crippen LogP contribution < -0.4 is 10.1 Å². The summed E-state index contributed by atoms with van der Waals surface area (Å²) >= 11 is 0. The fourth-order valence-electron chi connectivity index (χ4n) is 2.89. The van der Waals surface area contributed by atoms with Crippen LogP contribution in [0.1, 0.15) is 31.9 Å². The van der Waals surface area contributed by atoms with Crippen molar-refractivity contribution in [2.75, 3.05) is 0 Å². The van der Waals surface area contributed by atoms with Gasteiger partial charge in [-0.1, -0.05) is 67.6 Å². The number of ether oxygens (including phenoxy) is 1. The van der Waals surface area contributed by atoms with Gasteiger partial charge in [-0.05, 0) is 41.8 Å². The van der Waals surface area contributed by atoms with Crippen LogP contribution in [0.5, 0.6) is 5.75 Å². The number of amides is 1. The number of fused-ring (bicyclic) bond motifs is 1. The summed E-state index contributed by atoms with van der Waals surface area (Å²) in [5.74, 6) is 0.595. The van der Waals surface area contributed by atoms with Crippen molar-refractivity contribution in [3.05, 3.63) is 78.4 Å². The zero-order valence-corrected chi connectivity index (χ0v) is 14.6. The molecule has 0 bridgehead atoms. The van der Waals surface area contributed by atoms with Crippen molar-refractivity contribution in [1.82, 2.24) is 5.32 Å². The molecule has 1 amide bonds. The summed E-state index contributed by atoms with van der Waals surface area (Å²) in [5.41, 5.74) is 1.11. The van der Waals surface area contributed by atoms with E-state index >= 15 is 0 Å². The van der Waals surface area contributed by atoms with Gasteiger partial charge in [-0.3, -0.25) is 4.79 Å². The standard InChI is InChI=1S/C22H23NO2/c1-3-21(18-10-5-4-6-11-18)23-22(24)16(2)25-20-14-13-17-9-7-8-12-19(17)15-20/h4-16,21H,3H2,1-2H3,(H,23,24)/t16-,21-/m1/s1. The van der Waals surface area contributed by atoms with Gasteiger partial charge in [0.25, 0.3) is 5.91 Å². The monoisotopic (exact) mass is 333 g/mol. The summed E-state index contributed by atoms with van der Waals surface area (Å²) < 4.78 is 5.85. The number of carbonyl (C=O) groups excluding carboxylic acids is 1. The van der Waals surface area contributed by atoms with Crippen molar-refractivity contribution >= 4 is 16.7 Å². The summed E-state index contributed by atoms with van der Waals surface area (Å²) in [6.07, 6.45) is 0.275. The molecule has 0 saturated carbocycles. The van der Waals surface area contributed by atoms with E-state index in [9.17, 15) is 4.79 Å². The molecule has 0 unspecified atom stereocenters. The molecular weight excluding hydrogens is 310 g/mol. The number of hydrogen-bond donors (Lipinski definition) is 1. The largest absolute Gasteiger partial charge is 0.481 e. The maximum atomic E-state index is 12.5. The predicted molar refractivity (Wildman–Crippen MR) is 102 cm³/mol. The molecule has 25 heavy (non-hydrogen) atoms. The molecule has 128 valence electrons. The molecule has 3 nitrogen and oxygen atoms in total. The van der Waals surface area contributed by atoms with Gasteiger partial charge < -0.3 is 10.1 Å². The summed E-state index contributed by atoms with van der Waals surface area (Å²) in [6.45, 7) is 3.84. The van der Waals surface area contributed by atoms with Gasteiger partial charge in [-0.2, -0.15) is 0 Å². The molecule has 0 aliphatic carbocycles. The Kier molecular flexibility index (Phi) is 5.34. The highest BCUT2D eigenvalue weighted by atomic mass is 16.5. The minimum absolute atomic E-state index is 0.00338. The average molecular weight is 333 g/mol. The van der Waals surface area contributed by atoms with Gasteiger partial charge in [0.15, 0.2) is 6.10 Å². The normalized spacial score (nSPS) is 13.2. The maximum Gasteiger partial charge on any atom is 0.261 e. The Balaban J connectivity index is 1.67. The summed E-state index contributed by atoms with van der Waals surface area (Å²) in [5, 5.41) is 5.33. The topological polar surface area (TPSA) is 38.3 Å². The molecule has 0 spiro atoms. The van der Waals surface area contributed by atoms with Crippen molar-refractivity contribution in [3.8, 4) is 5.75 Å². The fourth-order valence-corrected chi connectivity index (χ4v) is 2.89. The average Bonchev–Trinajstić information content (AvgIpc) is 2.66. The summed E-state index contributed by atoms with van der Waals surface area (Å²) in [6, 6.07) is 24.0. The van der Waals surface area contributed by atoms with Crippen molar-refractivity contribution in [1.29, 1.82) is 0 Å². The Morgan fingerprint density at radius 2 is 1.64 bits per heavy atom. The Morgan fingerprint density at radius 1 is 0.960 bits per heavy atom. The van der Waals surface area contributed by atoms with E-state index in [1.165, 1.54) is 0 Å². The van der Waals surface area contributed by atoms with Crippen LogP contribution in [0.3, 0.4) is 0 Å². The lowest BCUT2D eigenvalue weighted by molar-refractivity contribution is -0.128. The van der Waals surface area contributed by atoms with Gasteiger partial charge in [-0.25, -0.2) is 0 Å². The van der Waals surface area contributed by atoms with Crippen molar-refractivity contribution < 1.29 is 9.53 Å². The molecule has 0 radical (unpaired) electrons. The highest BCUT2D eigenvalue weighted by molar-refractivity contribution is 5.84. The van der Waals surface area contributed by atoms with Crippen LogP contribution >= 0.6 is 0 Å². The number of nitrogens with one attached hydrogen (secondary N) is 1. The molecule has 3 rings (SSSR count). The second-order valence-corrected chi connectivity index (χ2v) is 6.15. The first kappa shape index (κ1) is 17.0. The third kappa shape index (κ3) is 4.18. The SMILES string of the molecule is CC[C@@H](NC(=O)[C@@H](C)Oc1ccc2ccccc2c1)c1ccccc1. The zero-order valence-electron chi connectivity index (χ0n) is 14.6. The highest BCUT2D eigenvalue weighted by Crippen LogP contribution is 2.22. The fraction of sp³-hybridized carbons (Fsp3) is 0.227. The zero-order chi connectivity index (χ0) is 17.6. The summed E-state index contributed by atoms with van der Waals surface area (Å²) in [4.78, 5) is 12.5. The number of rotatable bonds is 6. The van der Waals surface area contributed by atoms with Crippen LogP contribution in [-0.4, -0.2) is 12.0 Å². The quantitative estimate of drug-likeness (QED) is 0.698. The lowest BCUT2D eigenvalue weighted by Gasteiger charge is -2.21. The molecule has 1 N–H and O–H groups in total. The summed E-state index contributed by atoms with van der Waals surface area (Å²) in [7, 11) is 0. The van der Waals surface area contributed by atoms with E-state index in [2.05, 4.69) is 18.3 Å². The van der Waals surface area contributed by atoms with Crippen LogP contribution in [-0.2, 0) is 4.79 Å². The second-order valence-electron chi connectivity index (χ2n) is 6.15. The van der Waals surface area contributed by atoms with Crippen molar-refractivity contribution in [2.45, 2.75) is 32.4 Å². The number of benzene rings is 3. The van der Waals surface area contributed by atoms with Gasteiger partial charge in [-0.15, -0.1) is 0 Å². The van der Waals surface area contributed by atoms with Gasteiger partial charge >= 0.3 is 0 Å². The molecule has 3 aromatic carbocycles. The van der Waals surface area contributed by atoms with E-state index < -0.39 is 6.10 Å². The van der Waals surface area contributed by atoms with E-state index in [-0.39, 0.29) is 11.9 Å². The highest BCUT2D eigenvalue weighted by Gasteiger charge is 2.19. The third-order valence-electron chi connectivity index (χ3n) is 4.33. The minimum atomic E-state index is -0.557. The molecule has 0 aliphatic rings. The maximum absolute atomic E-state index is 12.5. The van der Waals surface area contributed by atoms with Gasteiger partial charge in [0.05, 0.1) is 6.04 Å². The van der Waals surface area contributed by atoms with Gasteiger partial charge in [0, 0.05) is 0 Å². The molecular formula is C22H23NO2. The van der Waals surface area contributed by atoms with E-state index in [0.29, 0.717) is 5.75 Å². The van der Waals surface area contributed by atoms with Crippen LogP contribution in [0.4, 0.5) is 0 Å². The second kappa shape index (κ2) is 7.84. The van der Waals surface area contributed by atoms with Crippen LogP contribution in [0.15, 0.2) is 72.8 Å². The van der Waals surface area contributed by atoms with Crippen LogP contribution in [0.25, 0.3) is 10.8 Å². The Bertz CT molecular complexity index is 845. The van der Waals surface area contributed by atoms with Gasteiger partial charge in [0.1, 0.15) is 5.75 Å². The smallest absolute Gasteiger partial charge is 0.261 e. The van der Waals surface area contributed by atoms with E-state index in [1.807, 2.05) is 66.7 Å².